The molecule has 0 radical (unpaired) electrons. The Kier molecular flexibility index (Phi) is 3.99. The minimum Gasteiger partial charge on any atom is -0.278 e. The predicted molar refractivity (Wildman–Crippen MR) is 74.1 cm³/mol. The van der Waals surface area contributed by atoms with Crippen molar-refractivity contribution in [2.45, 2.75) is 13.8 Å². The van der Waals surface area contributed by atoms with Gasteiger partial charge in [-0.25, -0.2) is 9.48 Å². The lowest BCUT2D eigenvalue weighted by atomic mass is 10.3. The van der Waals surface area contributed by atoms with Gasteiger partial charge < -0.3 is 0 Å². The van der Waals surface area contributed by atoms with E-state index >= 15 is 0 Å². The molecule has 0 spiro atoms. The minimum atomic E-state index is 0.751. The highest BCUT2D eigenvalue weighted by Crippen LogP contribution is 2.08. The monoisotopic (exact) mass is 262 g/mol. The lowest BCUT2D eigenvalue weighted by Crippen LogP contribution is -2.42. The van der Waals surface area contributed by atoms with Crippen molar-refractivity contribution >= 4 is 17.1 Å². The summed E-state index contributed by atoms with van der Waals surface area (Å²) in [5.74, 6) is 0. The van der Waals surface area contributed by atoms with Gasteiger partial charge in [-0.3, -0.25) is 4.84 Å². The third-order valence-corrected chi connectivity index (χ3v) is 3.09. The van der Waals surface area contributed by atoms with E-state index in [2.05, 4.69) is 24.2 Å². The van der Waals surface area contributed by atoms with Crippen molar-refractivity contribution in [1.29, 1.82) is 0 Å². The standard InChI is InChI=1S/C13H20N5O/c1-5-16(3)13(17(4)6-2)19-18-12-10-8-7-9-11(12)14-15-18/h7-10H,5-6H2,1-4H3/q+1. The third-order valence-electron chi connectivity index (χ3n) is 3.09. The van der Waals surface area contributed by atoms with Crippen molar-refractivity contribution in [3.8, 4) is 0 Å². The molecule has 0 atom stereocenters. The molecule has 0 aliphatic heterocycles. The molecular weight excluding hydrogens is 242 g/mol. The largest absolute Gasteiger partial charge is 0.472 e. The van der Waals surface area contributed by atoms with E-state index < -0.39 is 0 Å². The summed E-state index contributed by atoms with van der Waals surface area (Å²) in [6, 6.07) is 8.47. The summed E-state index contributed by atoms with van der Waals surface area (Å²) in [5.41, 5.74) is 1.68. The maximum Gasteiger partial charge on any atom is 0.472 e. The van der Waals surface area contributed by atoms with Gasteiger partial charge in [0.1, 0.15) is 11.0 Å². The predicted octanol–water partition coefficient (Wildman–Crippen LogP) is 0.830. The van der Waals surface area contributed by atoms with Gasteiger partial charge >= 0.3 is 6.02 Å². The van der Waals surface area contributed by atoms with Crippen LogP contribution in [0.2, 0.25) is 0 Å². The molecule has 0 unspecified atom stereocenters. The molecule has 1 aromatic carbocycles. The van der Waals surface area contributed by atoms with E-state index in [1.807, 2.05) is 47.8 Å². The molecule has 19 heavy (non-hydrogen) atoms. The molecule has 0 bridgehead atoms. The quantitative estimate of drug-likeness (QED) is 0.467. The van der Waals surface area contributed by atoms with Crippen LogP contribution in [0.3, 0.4) is 0 Å². The molecule has 2 rings (SSSR count). The van der Waals surface area contributed by atoms with E-state index in [0.717, 1.165) is 30.1 Å². The van der Waals surface area contributed by atoms with E-state index in [0.29, 0.717) is 0 Å². The van der Waals surface area contributed by atoms with E-state index in [1.54, 1.807) is 0 Å². The average molecular weight is 262 g/mol. The number of fused-ring (bicyclic) bond motifs is 1. The molecule has 0 aliphatic carbocycles. The zero-order chi connectivity index (χ0) is 13.8. The van der Waals surface area contributed by atoms with Crippen molar-refractivity contribution < 1.29 is 9.41 Å². The SMILES string of the molecule is CCN(C)C(On1nnc2ccccc21)=[N+](C)CC. The summed E-state index contributed by atoms with van der Waals surface area (Å²) < 4.78 is 2.03. The first kappa shape index (κ1) is 13.3. The van der Waals surface area contributed by atoms with Crippen LogP contribution in [0.25, 0.3) is 11.0 Å². The summed E-state index contributed by atoms with van der Waals surface area (Å²) >= 11 is 0. The van der Waals surface area contributed by atoms with Crippen molar-refractivity contribution in [3.63, 3.8) is 0 Å². The van der Waals surface area contributed by atoms with Gasteiger partial charge in [0.15, 0.2) is 0 Å². The van der Waals surface area contributed by atoms with Gasteiger partial charge in [-0.05, 0) is 31.2 Å². The van der Waals surface area contributed by atoms with Gasteiger partial charge in [0, 0.05) is 0 Å². The van der Waals surface area contributed by atoms with Gasteiger partial charge in [0.2, 0.25) is 0 Å². The highest BCUT2D eigenvalue weighted by Gasteiger charge is 2.20. The minimum absolute atomic E-state index is 0.751. The molecule has 1 aromatic heterocycles. The molecule has 0 amide bonds. The van der Waals surface area contributed by atoms with Crippen molar-refractivity contribution in [2.24, 2.45) is 0 Å². The van der Waals surface area contributed by atoms with Crippen LogP contribution in [-0.4, -0.2) is 57.8 Å². The first-order chi connectivity index (χ1) is 9.17. The van der Waals surface area contributed by atoms with Crippen LogP contribution in [0.15, 0.2) is 24.3 Å². The molecule has 0 saturated heterocycles. The van der Waals surface area contributed by atoms with Crippen LogP contribution < -0.4 is 4.84 Å². The van der Waals surface area contributed by atoms with Crippen LogP contribution in [0.5, 0.6) is 0 Å². The molecule has 0 saturated carbocycles. The maximum absolute atomic E-state index is 5.88. The molecule has 0 N–H and O–H groups in total. The highest BCUT2D eigenvalue weighted by molar-refractivity contribution is 5.75. The summed E-state index contributed by atoms with van der Waals surface area (Å²) in [6.45, 7) is 5.86. The Morgan fingerprint density at radius 2 is 2.11 bits per heavy atom. The summed E-state index contributed by atoms with van der Waals surface area (Å²) in [7, 11) is 3.97. The van der Waals surface area contributed by atoms with E-state index in [-0.39, 0.29) is 0 Å². The average Bonchev–Trinajstić information content (AvgIpc) is 2.86. The number of rotatable bonds is 3. The van der Waals surface area contributed by atoms with Crippen molar-refractivity contribution in [1.82, 2.24) is 20.1 Å². The number of hydrogen-bond donors (Lipinski definition) is 0. The summed E-state index contributed by atoms with van der Waals surface area (Å²) in [5, 5.41) is 8.12. The Bertz CT molecular complexity index is 589. The smallest absolute Gasteiger partial charge is 0.278 e. The third kappa shape index (κ3) is 2.67. The fourth-order valence-electron chi connectivity index (χ4n) is 1.69. The Hall–Kier alpha value is -2.11. The zero-order valence-corrected chi connectivity index (χ0v) is 11.9. The Balaban J connectivity index is 2.37. The van der Waals surface area contributed by atoms with Gasteiger partial charge in [-0.15, -0.1) is 5.10 Å². The van der Waals surface area contributed by atoms with Crippen molar-refractivity contribution in [2.75, 3.05) is 27.2 Å². The number of hydrogen-bond acceptors (Lipinski definition) is 3. The lowest BCUT2D eigenvalue weighted by molar-refractivity contribution is -0.508. The maximum atomic E-state index is 5.88. The Labute approximate surface area is 112 Å². The Morgan fingerprint density at radius 3 is 2.79 bits per heavy atom. The van der Waals surface area contributed by atoms with Crippen LogP contribution in [-0.2, 0) is 0 Å². The number of nitrogens with zero attached hydrogens (tertiary/aromatic N) is 5. The van der Waals surface area contributed by atoms with E-state index in [4.69, 9.17) is 4.84 Å². The van der Waals surface area contributed by atoms with Gasteiger partial charge in [-0.1, -0.05) is 17.0 Å². The number of aromatic nitrogens is 3. The van der Waals surface area contributed by atoms with Crippen LogP contribution in [0, 0.1) is 0 Å². The number of amidine groups is 1. The van der Waals surface area contributed by atoms with E-state index in [9.17, 15) is 0 Å². The molecular formula is C13H20N5O+. The summed E-state index contributed by atoms with van der Waals surface area (Å²) in [4.78, 5) is 9.37. The van der Waals surface area contributed by atoms with E-state index in [1.165, 1.54) is 4.85 Å². The first-order valence-corrected chi connectivity index (χ1v) is 6.45. The van der Waals surface area contributed by atoms with Crippen LogP contribution >= 0.6 is 0 Å². The second kappa shape index (κ2) is 5.69. The van der Waals surface area contributed by atoms with Crippen LogP contribution in [0.1, 0.15) is 13.8 Å². The molecule has 6 nitrogen and oxygen atoms in total. The normalized spacial score (nSPS) is 12.4. The second-order valence-corrected chi connectivity index (χ2v) is 4.35. The van der Waals surface area contributed by atoms with Gasteiger partial charge in [0.25, 0.3) is 0 Å². The summed E-state index contributed by atoms with van der Waals surface area (Å²) in [6.07, 6.45) is 0. The molecule has 1 heterocycles. The first-order valence-electron chi connectivity index (χ1n) is 6.45. The lowest BCUT2D eigenvalue weighted by Gasteiger charge is -2.14. The zero-order valence-electron chi connectivity index (χ0n) is 11.9. The molecule has 0 fully saturated rings. The van der Waals surface area contributed by atoms with Crippen molar-refractivity contribution in [3.05, 3.63) is 24.3 Å². The Morgan fingerprint density at radius 1 is 1.37 bits per heavy atom. The highest BCUT2D eigenvalue weighted by atomic mass is 16.7. The molecule has 102 valence electrons. The van der Waals surface area contributed by atoms with Gasteiger partial charge in [-0.2, -0.15) is 0 Å². The number of para-hydroxylation sites is 1. The fraction of sp³-hybridized carbons (Fsp3) is 0.462. The topological polar surface area (TPSA) is 46.2 Å². The van der Waals surface area contributed by atoms with Gasteiger partial charge in [0.05, 0.1) is 27.2 Å². The molecule has 6 heteroatoms. The molecule has 0 aliphatic rings. The molecule has 2 aromatic rings. The fourth-order valence-corrected chi connectivity index (χ4v) is 1.69. The van der Waals surface area contributed by atoms with Crippen LogP contribution in [0.4, 0.5) is 0 Å². The second-order valence-electron chi connectivity index (χ2n) is 4.35. The number of benzene rings is 1.